The lowest BCUT2D eigenvalue weighted by molar-refractivity contribution is -0.119. The average Bonchev–Trinajstić information content (AvgIpc) is 3.19. The number of hydrogen-bond acceptors (Lipinski definition) is 5. The molecule has 1 atom stereocenters. The summed E-state index contributed by atoms with van der Waals surface area (Å²) in [5, 5.41) is 18.3. The molecule has 1 unspecified atom stereocenters. The number of nitrogens with one attached hydrogen (secondary N) is 2. The van der Waals surface area contributed by atoms with E-state index in [9.17, 15) is 4.79 Å². The molecule has 7 heteroatoms. The van der Waals surface area contributed by atoms with Crippen molar-refractivity contribution in [1.29, 1.82) is 5.26 Å². The predicted molar refractivity (Wildman–Crippen MR) is 75.7 cm³/mol. The summed E-state index contributed by atoms with van der Waals surface area (Å²) < 4.78 is 0. The molecule has 21 heavy (non-hydrogen) atoms. The van der Waals surface area contributed by atoms with Crippen molar-refractivity contribution in [2.45, 2.75) is 6.42 Å². The zero-order valence-electron chi connectivity index (χ0n) is 11.3. The van der Waals surface area contributed by atoms with Crippen LogP contribution in [0.25, 0.3) is 11.1 Å². The molecule has 1 saturated heterocycles. The molecule has 3 heterocycles. The Bertz CT molecular complexity index is 675. The number of aromatic nitrogens is 3. The maximum atomic E-state index is 12.2. The highest BCUT2D eigenvalue weighted by atomic mass is 16.2. The van der Waals surface area contributed by atoms with E-state index in [1.807, 2.05) is 6.07 Å². The number of amides is 1. The third-order valence-electron chi connectivity index (χ3n) is 3.54. The summed E-state index contributed by atoms with van der Waals surface area (Å²) in [6.07, 6.45) is 7.90. The van der Waals surface area contributed by atoms with Crippen molar-refractivity contribution >= 4 is 11.7 Å². The Balaban J connectivity index is 1.70. The molecule has 0 aromatic carbocycles. The Morgan fingerprint density at radius 1 is 1.52 bits per heavy atom. The zero-order chi connectivity index (χ0) is 14.7. The molecule has 0 bridgehead atoms. The number of H-pyrrole nitrogens is 1. The summed E-state index contributed by atoms with van der Waals surface area (Å²) in [5.74, 6) is 0.253. The van der Waals surface area contributed by atoms with Crippen molar-refractivity contribution in [2.75, 3.05) is 18.4 Å². The highest BCUT2D eigenvalue weighted by Crippen LogP contribution is 2.21. The van der Waals surface area contributed by atoms with Crippen molar-refractivity contribution in [1.82, 2.24) is 20.1 Å². The summed E-state index contributed by atoms with van der Waals surface area (Å²) >= 11 is 0. The van der Waals surface area contributed by atoms with Gasteiger partial charge in [0.1, 0.15) is 5.82 Å². The second kappa shape index (κ2) is 5.63. The third-order valence-corrected chi connectivity index (χ3v) is 3.54. The van der Waals surface area contributed by atoms with Gasteiger partial charge in [0, 0.05) is 31.0 Å². The van der Waals surface area contributed by atoms with E-state index in [1.165, 1.54) is 0 Å². The minimum Gasteiger partial charge on any atom is -0.310 e. The van der Waals surface area contributed by atoms with Crippen LogP contribution < -0.4 is 5.32 Å². The van der Waals surface area contributed by atoms with E-state index in [0.29, 0.717) is 25.3 Å². The number of nitrogens with zero attached hydrogens (tertiary/aromatic N) is 4. The molecule has 106 valence electrons. The van der Waals surface area contributed by atoms with Gasteiger partial charge in [-0.2, -0.15) is 10.4 Å². The number of anilines is 1. The minimum atomic E-state index is -0.163. The van der Waals surface area contributed by atoms with Crippen LogP contribution in [0.2, 0.25) is 0 Å². The van der Waals surface area contributed by atoms with Gasteiger partial charge in [0.2, 0.25) is 5.91 Å². The summed E-state index contributed by atoms with van der Waals surface area (Å²) in [4.78, 5) is 17.9. The van der Waals surface area contributed by atoms with Crippen LogP contribution in [0.15, 0.2) is 30.7 Å². The fourth-order valence-electron chi connectivity index (χ4n) is 2.38. The standard InChI is InChI=1S/C14H14N6O/c15-9-20-4-2-11(8-20)14(21)19-13-5-10(1-3-16-13)12-6-17-18-7-12/h1,3,5-7,11H,2,4,8H2,(H,17,18)(H,16,19,21). The molecular weight excluding hydrogens is 268 g/mol. The number of likely N-dealkylation sites (tertiary alicyclic amines) is 1. The minimum absolute atomic E-state index is 0.0930. The average molecular weight is 282 g/mol. The quantitative estimate of drug-likeness (QED) is 0.825. The highest BCUT2D eigenvalue weighted by Gasteiger charge is 2.27. The van der Waals surface area contributed by atoms with Crippen molar-refractivity contribution in [3.8, 4) is 17.3 Å². The normalized spacial score (nSPS) is 17.5. The zero-order valence-corrected chi connectivity index (χ0v) is 11.3. The van der Waals surface area contributed by atoms with Crippen LogP contribution in [0.4, 0.5) is 5.82 Å². The second-order valence-electron chi connectivity index (χ2n) is 4.94. The Kier molecular flexibility index (Phi) is 3.51. The molecule has 1 amide bonds. The van der Waals surface area contributed by atoms with Gasteiger partial charge in [-0.1, -0.05) is 0 Å². The first-order valence-electron chi connectivity index (χ1n) is 6.67. The number of nitriles is 1. The highest BCUT2D eigenvalue weighted by molar-refractivity contribution is 5.92. The van der Waals surface area contributed by atoms with Crippen molar-refractivity contribution in [3.05, 3.63) is 30.7 Å². The van der Waals surface area contributed by atoms with E-state index in [1.54, 1.807) is 29.6 Å². The summed E-state index contributed by atoms with van der Waals surface area (Å²) in [6.45, 7) is 1.11. The Morgan fingerprint density at radius 2 is 2.43 bits per heavy atom. The number of pyridine rings is 1. The van der Waals surface area contributed by atoms with Crippen LogP contribution in [0.1, 0.15) is 6.42 Å². The summed E-state index contributed by atoms with van der Waals surface area (Å²) in [7, 11) is 0. The lowest BCUT2D eigenvalue weighted by Crippen LogP contribution is -2.25. The maximum absolute atomic E-state index is 12.2. The van der Waals surface area contributed by atoms with E-state index < -0.39 is 0 Å². The molecule has 1 fully saturated rings. The van der Waals surface area contributed by atoms with Gasteiger partial charge in [-0.3, -0.25) is 9.89 Å². The topological polar surface area (TPSA) is 97.7 Å². The number of aromatic amines is 1. The van der Waals surface area contributed by atoms with E-state index in [0.717, 1.165) is 11.1 Å². The van der Waals surface area contributed by atoms with E-state index in [2.05, 4.69) is 26.7 Å². The van der Waals surface area contributed by atoms with Gasteiger partial charge in [0.25, 0.3) is 0 Å². The van der Waals surface area contributed by atoms with Crippen molar-refractivity contribution in [2.24, 2.45) is 5.92 Å². The Labute approximate surface area is 121 Å². The first kappa shape index (κ1) is 13.1. The molecule has 2 aromatic rings. The monoisotopic (exact) mass is 282 g/mol. The molecular formula is C14H14N6O. The molecule has 3 rings (SSSR count). The molecule has 0 radical (unpaired) electrons. The molecule has 1 aliphatic rings. The van der Waals surface area contributed by atoms with Crippen LogP contribution in [-0.2, 0) is 4.79 Å². The molecule has 1 aliphatic heterocycles. The first-order chi connectivity index (χ1) is 10.3. The van der Waals surface area contributed by atoms with Gasteiger partial charge >= 0.3 is 0 Å². The van der Waals surface area contributed by atoms with E-state index in [4.69, 9.17) is 5.26 Å². The number of carbonyl (C=O) groups is 1. The molecule has 0 aliphatic carbocycles. The fourth-order valence-corrected chi connectivity index (χ4v) is 2.38. The number of rotatable bonds is 3. The van der Waals surface area contributed by atoms with Crippen LogP contribution in [0.3, 0.4) is 0 Å². The van der Waals surface area contributed by atoms with E-state index >= 15 is 0 Å². The van der Waals surface area contributed by atoms with Gasteiger partial charge < -0.3 is 10.2 Å². The number of carbonyl (C=O) groups excluding carboxylic acids is 1. The largest absolute Gasteiger partial charge is 0.310 e. The Hall–Kier alpha value is -2.88. The van der Waals surface area contributed by atoms with Gasteiger partial charge in [-0.05, 0) is 24.1 Å². The fraction of sp³-hybridized carbons (Fsp3) is 0.286. The van der Waals surface area contributed by atoms with Gasteiger partial charge in [-0.25, -0.2) is 4.98 Å². The second-order valence-corrected chi connectivity index (χ2v) is 4.94. The SMILES string of the molecule is N#CN1CCC(C(=O)Nc2cc(-c3cn[nH]c3)ccn2)C1. The molecule has 7 nitrogen and oxygen atoms in total. The van der Waals surface area contributed by atoms with Crippen LogP contribution in [0.5, 0.6) is 0 Å². The lowest BCUT2D eigenvalue weighted by Gasteiger charge is -2.10. The summed E-state index contributed by atoms with van der Waals surface area (Å²) in [5.41, 5.74) is 1.86. The smallest absolute Gasteiger partial charge is 0.230 e. The van der Waals surface area contributed by atoms with Gasteiger partial charge in [0.05, 0.1) is 12.1 Å². The van der Waals surface area contributed by atoms with Gasteiger partial charge in [0.15, 0.2) is 6.19 Å². The van der Waals surface area contributed by atoms with E-state index in [-0.39, 0.29) is 11.8 Å². The van der Waals surface area contributed by atoms with Crippen LogP contribution in [0, 0.1) is 17.4 Å². The third kappa shape index (κ3) is 2.84. The lowest BCUT2D eigenvalue weighted by atomic mass is 10.1. The van der Waals surface area contributed by atoms with Crippen molar-refractivity contribution in [3.63, 3.8) is 0 Å². The molecule has 2 aromatic heterocycles. The predicted octanol–water partition coefficient (Wildman–Crippen LogP) is 1.21. The Morgan fingerprint density at radius 3 is 3.14 bits per heavy atom. The van der Waals surface area contributed by atoms with Gasteiger partial charge in [-0.15, -0.1) is 0 Å². The first-order valence-corrected chi connectivity index (χ1v) is 6.67. The summed E-state index contributed by atoms with van der Waals surface area (Å²) in [6, 6.07) is 3.66. The maximum Gasteiger partial charge on any atom is 0.230 e. The van der Waals surface area contributed by atoms with Crippen molar-refractivity contribution < 1.29 is 4.79 Å². The number of hydrogen-bond donors (Lipinski definition) is 2. The van der Waals surface area contributed by atoms with Crippen LogP contribution >= 0.6 is 0 Å². The molecule has 2 N–H and O–H groups in total. The van der Waals surface area contributed by atoms with Crippen LogP contribution in [-0.4, -0.2) is 39.1 Å². The molecule has 0 saturated carbocycles. The molecule has 0 spiro atoms.